The number of aromatic nitrogens is 2. The molecule has 3 aliphatic rings. The van der Waals surface area contributed by atoms with Gasteiger partial charge in [-0.3, -0.25) is 28.9 Å². The number of imide groups is 1. The zero-order chi connectivity index (χ0) is 19.0. The van der Waals surface area contributed by atoms with Gasteiger partial charge in [-0.2, -0.15) is 5.10 Å². The van der Waals surface area contributed by atoms with Crippen molar-refractivity contribution in [1.82, 2.24) is 24.5 Å². The predicted octanol–water partition coefficient (Wildman–Crippen LogP) is 0.332. The summed E-state index contributed by atoms with van der Waals surface area (Å²) >= 11 is 0. The highest BCUT2D eigenvalue weighted by Gasteiger charge is 2.51. The second-order valence-corrected chi connectivity index (χ2v) is 7.78. The van der Waals surface area contributed by atoms with Crippen LogP contribution in [0, 0.1) is 11.8 Å². The van der Waals surface area contributed by atoms with Crippen LogP contribution in [0.15, 0.2) is 12.4 Å². The molecule has 3 saturated heterocycles. The van der Waals surface area contributed by atoms with E-state index in [1.807, 2.05) is 28.9 Å². The SMILES string of the molecule is CCn1cc(CN2C[C@@H]3C(=O)N(CCCN4CCCC4=O)C(=O)[C@@H]3C2)cn1. The van der Waals surface area contributed by atoms with Gasteiger partial charge in [0.1, 0.15) is 0 Å². The lowest BCUT2D eigenvalue weighted by Crippen LogP contribution is -2.38. The highest BCUT2D eigenvalue weighted by molar-refractivity contribution is 6.05. The van der Waals surface area contributed by atoms with Crippen LogP contribution in [0.3, 0.4) is 0 Å². The van der Waals surface area contributed by atoms with Crippen molar-refractivity contribution in [2.24, 2.45) is 11.8 Å². The lowest BCUT2D eigenvalue weighted by atomic mass is 10.00. The van der Waals surface area contributed by atoms with Crippen LogP contribution >= 0.6 is 0 Å². The maximum atomic E-state index is 12.7. The number of rotatable bonds is 7. The quantitative estimate of drug-likeness (QED) is 0.644. The van der Waals surface area contributed by atoms with Crippen LogP contribution in [0.4, 0.5) is 0 Å². The number of aryl methyl sites for hydroxylation is 1. The fourth-order valence-corrected chi connectivity index (χ4v) is 4.52. The average Bonchev–Trinajstić information content (AvgIpc) is 3.41. The van der Waals surface area contributed by atoms with Crippen molar-refractivity contribution in [3.63, 3.8) is 0 Å². The number of amides is 3. The molecule has 3 fully saturated rings. The van der Waals surface area contributed by atoms with Gasteiger partial charge >= 0.3 is 0 Å². The predicted molar refractivity (Wildman–Crippen MR) is 97.3 cm³/mol. The Morgan fingerprint density at radius 3 is 2.44 bits per heavy atom. The molecule has 0 bridgehead atoms. The largest absolute Gasteiger partial charge is 0.343 e. The van der Waals surface area contributed by atoms with Gasteiger partial charge in [-0.05, 0) is 19.8 Å². The molecule has 0 N–H and O–H groups in total. The second-order valence-electron chi connectivity index (χ2n) is 7.78. The third-order valence-corrected chi connectivity index (χ3v) is 5.96. The van der Waals surface area contributed by atoms with Crippen LogP contribution in [0.2, 0.25) is 0 Å². The Kier molecular flexibility index (Phi) is 4.99. The zero-order valence-corrected chi connectivity index (χ0v) is 15.8. The third-order valence-electron chi connectivity index (χ3n) is 5.96. The van der Waals surface area contributed by atoms with Gasteiger partial charge in [0.15, 0.2) is 0 Å². The molecule has 146 valence electrons. The van der Waals surface area contributed by atoms with E-state index in [4.69, 9.17) is 0 Å². The number of carbonyl (C=O) groups is 3. The number of nitrogens with zero attached hydrogens (tertiary/aromatic N) is 5. The maximum absolute atomic E-state index is 12.7. The van der Waals surface area contributed by atoms with Crippen molar-refractivity contribution in [2.45, 2.75) is 39.3 Å². The number of carbonyl (C=O) groups excluding carboxylic acids is 3. The van der Waals surface area contributed by atoms with E-state index in [-0.39, 0.29) is 29.6 Å². The highest BCUT2D eigenvalue weighted by Crippen LogP contribution is 2.34. The lowest BCUT2D eigenvalue weighted by Gasteiger charge is -2.21. The highest BCUT2D eigenvalue weighted by atomic mass is 16.2. The molecule has 0 radical (unpaired) electrons. The average molecular weight is 373 g/mol. The Bertz CT molecular complexity index is 721. The molecule has 3 aliphatic heterocycles. The van der Waals surface area contributed by atoms with E-state index in [0.29, 0.717) is 39.0 Å². The summed E-state index contributed by atoms with van der Waals surface area (Å²) in [6.07, 6.45) is 6.08. The first kappa shape index (κ1) is 18.2. The van der Waals surface area contributed by atoms with Crippen molar-refractivity contribution in [3.05, 3.63) is 18.0 Å². The fourth-order valence-electron chi connectivity index (χ4n) is 4.52. The maximum Gasteiger partial charge on any atom is 0.234 e. The normalized spacial score (nSPS) is 25.9. The molecular weight excluding hydrogens is 346 g/mol. The van der Waals surface area contributed by atoms with Gasteiger partial charge in [0.25, 0.3) is 0 Å². The summed E-state index contributed by atoms with van der Waals surface area (Å²) in [5, 5.41) is 4.28. The molecule has 8 nitrogen and oxygen atoms in total. The number of fused-ring (bicyclic) bond motifs is 1. The van der Waals surface area contributed by atoms with Crippen LogP contribution < -0.4 is 0 Å². The van der Waals surface area contributed by atoms with Crippen molar-refractivity contribution in [1.29, 1.82) is 0 Å². The van der Waals surface area contributed by atoms with Crippen LogP contribution in [0.25, 0.3) is 0 Å². The van der Waals surface area contributed by atoms with Crippen molar-refractivity contribution < 1.29 is 14.4 Å². The van der Waals surface area contributed by atoms with Gasteiger partial charge in [-0.25, -0.2) is 0 Å². The molecule has 3 amide bonds. The second kappa shape index (κ2) is 7.42. The Morgan fingerprint density at radius 2 is 1.85 bits per heavy atom. The number of hydrogen-bond acceptors (Lipinski definition) is 5. The third kappa shape index (κ3) is 3.50. The standard InChI is InChI=1S/C19H27N5O3/c1-2-23-11-14(9-20-23)10-21-12-15-16(13-21)19(27)24(18(15)26)8-4-7-22-6-3-5-17(22)25/h9,11,15-16H,2-8,10,12-13H2,1H3/t15-,16+. The Morgan fingerprint density at radius 1 is 1.11 bits per heavy atom. The van der Waals surface area contributed by atoms with Gasteiger partial charge < -0.3 is 4.90 Å². The van der Waals surface area contributed by atoms with Crippen molar-refractivity contribution >= 4 is 17.7 Å². The van der Waals surface area contributed by atoms with E-state index in [0.717, 1.165) is 31.6 Å². The molecule has 0 aromatic carbocycles. The van der Waals surface area contributed by atoms with Crippen LogP contribution in [-0.4, -0.2) is 74.9 Å². The zero-order valence-electron chi connectivity index (χ0n) is 15.8. The summed E-state index contributed by atoms with van der Waals surface area (Å²) < 4.78 is 1.88. The smallest absolute Gasteiger partial charge is 0.234 e. The first-order chi connectivity index (χ1) is 13.1. The van der Waals surface area contributed by atoms with Gasteiger partial charge in [0.05, 0.1) is 18.0 Å². The fraction of sp³-hybridized carbons (Fsp3) is 0.684. The molecule has 4 heterocycles. The van der Waals surface area contributed by atoms with Gasteiger partial charge in [0.2, 0.25) is 17.7 Å². The lowest BCUT2D eigenvalue weighted by molar-refractivity contribution is -0.140. The van der Waals surface area contributed by atoms with E-state index < -0.39 is 0 Å². The molecular formula is C19H27N5O3. The molecule has 2 atom stereocenters. The summed E-state index contributed by atoms with van der Waals surface area (Å²) in [6, 6.07) is 0. The molecule has 0 aliphatic carbocycles. The molecule has 4 rings (SSSR count). The Hall–Kier alpha value is -2.22. The number of likely N-dealkylation sites (tertiary alicyclic amines) is 3. The monoisotopic (exact) mass is 373 g/mol. The number of hydrogen-bond donors (Lipinski definition) is 0. The molecule has 1 aromatic rings. The summed E-state index contributed by atoms with van der Waals surface area (Å²) in [4.78, 5) is 42.6. The summed E-state index contributed by atoms with van der Waals surface area (Å²) in [6.45, 7) is 6.74. The van der Waals surface area contributed by atoms with E-state index >= 15 is 0 Å². The van der Waals surface area contributed by atoms with E-state index in [1.54, 1.807) is 0 Å². The minimum Gasteiger partial charge on any atom is -0.343 e. The first-order valence-electron chi connectivity index (χ1n) is 9.93. The summed E-state index contributed by atoms with van der Waals surface area (Å²) in [5.41, 5.74) is 1.11. The molecule has 8 heteroatoms. The first-order valence-corrected chi connectivity index (χ1v) is 9.93. The molecule has 1 aromatic heterocycles. The van der Waals surface area contributed by atoms with E-state index in [9.17, 15) is 14.4 Å². The van der Waals surface area contributed by atoms with Crippen LogP contribution in [0.5, 0.6) is 0 Å². The molecule has 0 saturated carbocycles. The summed E-state index contributed by atoms with van der Waals surface area (Å²) in [7, 11) is 0. The Balaban J connectivity index is 1.29. The van der Waals surface area contributed by atoms with Crippen molar-refractivity contribution in [2.75, 3.05) is 32.7 Å². The molecule has 0 unspecified atom stereocenters. The van der Waals surface area contributed by atoms with Crippen LogP contribution in [-0.2, 0) is 27.5 Å². The Labute approximate surface area is 159 Å². The topological polar surface area (TPSA) is 78.8 Å². The van der Waals surface area contributed by atoms with Gasteiger partial charge in [-0.15, -0.1) is 0 Å². The van der Waals surface area contributed by atoms with Gasteiger partial charge in [-0.1, -0.05) is 0 Å². The minimum absolute atomic E-state index is 0.0375. The van der Waals surface area contributed by atoms with Crippen LogP contribution in [0.1, 0.15) is 31.7 Å². The van der Waals surface area contributed by atoms with Gasteiger partial charge in [0, 0.05) is 64.0 Å². The minimum atomic E-state index is -0.216. The molecule has 0 spiro atoms. The summed E-state index contributed by atoms with van der Waals surface area (Å²) in [5.74, 6) is -0.318. The van der Waals surface area contributed by atoms with Crippen molar-refractivity contribution in [3.8, 4) is 0 Å². The molecule has 27 heavy (non-hydrogen) atoms. The van der Waals surface area contributed by atoms with E-state index in [1.165, 1.54) is 4.90 Å². The van der Waals surface area contributed by atoms with E-state index in [2.05, 4.69) is 10.00 Å².